The van der Waals surface area contributed by atoms with Gasteiger partial charge in [0.1, 0.15) is 0 Å². The van der Waals surface area contributed by atoms with Crippen LogP contribution in [-0.4, -0.2) is 31.6 Å². The number of anilines is 1. The summed E-state index contributed by atoms with van der Waals surface area (Å²) < 4.78 is 4.69. The Balaban J connectivity index is 2.87. The van der Waals surface area contributed by atoms with Gasteiger partial charge in [-0.25, -0.2) is 4.79 Å². The molecule has 1 rings (SSSR count). The Hall–Kier alpha value is -2.39. The molecule has 1 atom stereocenters. The van der Waals surface area contributed by atoms with Crippen LogP contribution in [0.4, 0.5) is 5.69 Å². The zero-order chi connectivity index (χ0) is 14.4. The van der Waals surface area contributed by atoms with Crippen LogP contribution in [0.3, 0.4) is 0 Å². The smallest absolute Gasteiger partial charge is 0.332 e. The van der Waals surface area contributed by atoms with Crippen molar-refractivity contribution in [2.45, 2.75) is 13.0 Å². The van der Waals surface area contributed by atoms with E-state index >= 15 is 0 Å². The third kappa shape index (κ3) is 3.53. The Morgan fingerprint density at radius 2 is 2.21 bits per heavy atom. The van der Waals surface area contributed by atoms with Gasteiger partial charge in [0.2, 0.25) is 0 Å². The van der Waals surface area contributed by atoms with E-state index in [0.29, 0.717) is 11.3 Å². The molecule has 0 bridgehead atoms. The summed E-state index contributed by atoms with van der Waals surface area (Å²) in [6.45, 7) is 1.79. The molecule has 1 aromatic rings. The monoisotopic (exact) mass is 261 g/mol. The van der Waals surface area contributed by atoms with Crippen molar-refractivity contribution in [2.24, 2.45) is 5.73 Å². The molecule has 1 aromatic carbocycles. The molecule has 0 aliphatic rings. The first kappa shape index (κ1) is 14.7. The van der Waals surface area contributed by atoms with Crippen LogP contribution in [0.15, 0.2) is 24.3 Å². The molecule has 0 saturated carbocycles. The number of benzene rings is 1. The minimum absolute atomic E-state index is 0.160. The zero-order valence-corrected chi connectivity index (χ0v) is 10.8. The van der Waals surface area contributed by atoms with E-state index in [1.807, 2.05) is 6.07 Å². The molecule has 100 valence electrons. The quantitative estimate of drug-likeness (QED) is 0.625. The van der Waals surface area contributed by atoms with Gasteiger partial charge in [0, 0.05) is 12.7 Å². The standard InChI is InChI=1S/C13H15N3O3/c1-3-19-13(18)11(15)12(17)16(2)10-6-4-5-9(7-10)8-14/h4-7,11H,3,15H2,1-2H3. The molecule has 0 aliphatic carbocycles. The fraction of sp³-hybridized carbons (Fsp3) is 0.308. The Morgan fingerprint density at radius 1 is 1.53 bits per heavy atom. The SMILES string of the molecule is CCOC(=O)C(N)C(=O)N(C)c1cccc(C#N)c1. The van der Waals surface area contributed by atoms with E-state index < -0.39 is 17.9 Å². The fourth-order valence-corrected chi connectivity index (χ4v) is 1.45. The molecule has 6 heteroatoms. The number of amides is 1. The maximum absolute atomic E-state index is 12.0. The lowest BCUT2D eigenvalue weighted by Crippen LogP contribution is -2.47. The highest BCUT2D eigenvalue weighted by molar-refractivity contribution is 6.09. The average molecular weight is 261 g/mol. The van der Waals surface area contributed by atoms with Crippen LogP contribution in [-0.2, 0) is 14.3 Å². The Bertz CT molecular complexity index is 522. The summed E-state index contributed by atoms with van der Waals surface area (Å²) in [6.07, 6.45) is 0. The maximum Gasteiger partial charge on any atom is 0.332 e. The Kier molecular flexibility index (Phi) is 5.03. The largest absolute Gasteiger partial charge is 0.464 e. The number of nitrogens with zero attached hydrogens (tertiary/aromatic N) is 2. The van der Waals surface area contributed by atoms with Crippen molar-refractivity contribution < 1.29 is 14.3 Å². The topological polar surface area (TPSA) is 96.4 Å². The van der Waals surface area contributed by atoms with Gasteiger partial charge in [-0.3, -0.25) is 4.79 Å². The van der Waals surface area contributed by atoms with Crippen molar-refractivity contribution >= 4 is 17.6 Å². The van der Waals surface area contributed by atoms with Crippen LogP contribution >= 0.6 is 0 Å². The molecular weight excluding hydrogens is 246 g/mol. The third-order valence-corrected chi connectivity index (χ3v) is 2.50. The molecule has 1 unspecified atom stereocenters. The molecule has 2 N–H and O–H groups in total. The van der Waals surface area contributed by atoms with Crippen molar-refractivity contribution in [3.8, 4) is 6.07 Å². The van der Waals surface area contributed by atoms with Gasteiger partial charge in [-0.2, -0.15) is 5.26 Å². The summed E-state index contributed by atoms with van der Waals surface area (Å²) in [7, 11) is 1.48. The lowest BCUT2D eigenvalue weighted by Gasteiger charge is -2.20. The number of carbonyl (C=O) groups excluding carboxylic acids is 2. The molecule has 19 heavy (non-hydrogen) atoms. The van der Waals surface area contributed by atoms with Crippen LogP contribution < -0.4 is 10.6 Å². The lowest BCUT2D eigenvalue weighted by atomic mass is 10.2. The highest BCUT2D eigenvalue weighted by atomic mass is 16.5. The van der Waals surface area contributed by atoms with Crippen LogP contribution in [0, 0.1) is 11.3 Å². The van der Waals surface area contributed by atoms with Crippen LogP contribution in [0.25, 0.3) is 0 Å². The fourth-order valence-electron chi connectivity index (χ4n) is 1.45. The van der Waals surface area contributed by atoms with Crippen molar-refractivity contribution in [1.82, 2.24) is 0 Å². The normalized spacial score (nSPS) is 11.3. The molecular formula is C13H15N3O3. The highest BCUT2D eigenvalue weighted by Crippen LogP contribution is 2.15. The summed E-state index contributed by atoms with van der Waals surface area (Å²) in [5.74, 6) is -1.36. The van der Waals surface area contributed by atoms with Gasteiger partial charge in [0.15, 0.2) is 6.04 Å². The summed E-state index contributed by atoms with van der Waals surface area (Å²) in [5.41, 5.74) is 6.43. The van der Waals surface area contributed by atoms with E-state index in [1.165, 1.54) is 18.0 Å². The van der Waals surface area contributed by atoms with Gasteiger partial charge in [-0.1, -0.05) is 6.07 Å². The van der Waals surface area contributed by atoms with E-state index in [1.54, 1.807) is 25.1 Å². The second-order valence-corrected chi connectivity index (χ2v) is 3.79. The van der Waals surface area contributed by atoms with Gasteiger partial charge in [-0.15, -0.1) is 0 Å². The van der Waals surface area contributed by atoms with Gasteiger partial charge in [0.05, 0.1) is 18.2 Å². The first-order chi connectivity index (χ1) is 9.01. The molecule has 0 aromatic heterocycles. The van der Waals surface area contributed by atoms with Crippen molar-refractivity contribution in [1.29, 1.82) is 5.26 Å². The second kappa shape index (κ2) is 6.52. The molecule has 6 nitrogen and oxygen atoms in total. The number of esters is 1. The van der Waals surface area contributed by atoms with Crippen LogP contribution in [0.5, 0.6) is 0 Å². The number of nitrogens with two attached hydrogens (primary N) is 1. The summed E-state index contributed by atoms with van der Waals surface area (Å²) in [4.78, 5) is 24.6. The zero-order valence-electron chi connectivity index (χ0n) is 10.8. The number of likely N-dealkylation sites (N-methyl/N-ethyl adjacent to an activating group) is 1. The number of ether oxygens (including phenoxy) is 1. The second-order valence-electron chi connectivity index (χ2n) is 3.79. The first-order valence-electron chi connectivity index (χ1n) is 5.71. The van der Waals surface area contributed by atoms with Gasteiger partial charge in [0.25, 0.3) is 5.91 Å². The minimum Gasteiger partial charge on any atom is -0.464 e. The third-order valence-electron chi connectivity index (χ3n) is 2.50. The van der Waals surface area contributed by atoms with E-state index in [4.69, 9.17) is 15.7 Å². The number of rotatable bonds is 4. The van der Waals surface area contributed by atoms with E-state index in [-0.39, 0.29) is 6.61 Å². The summed E-state index contributed by atoms with van der Waals surface area (Å²) >= 11 is 0. The summed E-state index contributed by atoms with van der Waals surface area (Å²) in [5, 5.41) is 8.80. The molecule has 0 aliphatic heterocycles. The predicted molar refractivity (Wildman–Crippen MR) is 69.2 cm³/mol. The lowest BCUT2D eigenvalue weighted by molar-refractivity contribution is -0.147. The molecule has 0 heterocycles. The minimum atomic E-state index is -1.37. The first-order valence-corrected chi connectivity index (χ1v) is 5.71. The molecule has 0 spiro atoms. The van der Waals surface area contributed by atoms with Gasteiger partial charge < -0.3 is 15.4 Å². The van der Waals surface area contributed by atoms with Crippen molar-refractivity contribution in [2.75, 3.05) is 18.6 Å². The number of hydrogen-bond acceptors (Lipinski definition) is 5. The van der Waals surface area contributed by atoms with E-state index in [0.717, 1.165) is 0 Å². The molecule has 0 radical (unpaired) electrons. The van der Waals surface area contributed by atoms with Crippen LogP contribution in [0.1, 0.15) is 12.5 Å². The maximum atomic E-state index is 12.0. The van der Waals surface area contributed by atoms with E-state index in [2.05, 4.69) is 0 Å². The number of nitriles is 1. The number of carbonyl (C=O) groups is 2. The van der Waals surface area contributed by atoms with Gasteiger partial charge in [-0.05, 0) is 25.1 Å². The average Bonchev–Trinajstić information content (AvgIpc) is 2.45. The number of hydrogen-bond donors (Lipinski definition) is 1. The van der Waals surface area contributed by atoms with Crippen molar-refractivity contribution in [3.63, 3.8) is 0 Å². The molecule has 1 amide bonds. The predicted octanol–water partition coefficient (Wildman–Crippen LogP) is 0.411. The highest BCUT2D eigenvalue weighted by Gasteiger charge is 2.27. The Morgan fingerprint density at radius 3 is 2.79 bits per heavy atom. The van der Waals surface area contributed by atoms with E-state index in [9.17, 15) is 9.59 Å². The molecule has 0 fully saturated rings. The van der Waals surface area contributed by atoms with Crippen LogP contribution in [0.2, 0.25) is 0 Å². The van der Waals surface area contributed by atoms with Gasteiger partial charge >= 0.3 is 5.97 Å². The summed E-state index contributed by atoms with van der Waals surface area (Å²) in [6, 6.07) is 7.06. The molecule has 0 saturated heterocycles. The van der Waals surface area contributed by atoms with Crippen molar-refractivity contribution in [3.05, 3.63) is 29.8 Å². The Labute approximate surface area is 111 Å².